The molecule has 1 amide bonds. The lowest BCUT2D eigenvalue weighted by atomic mass is 9.94. The summed E-state index contributed by atoms with van der Waals surface area (Å²) in [4.78, 5) is 12.1. The zero-order valence-corrected chi connectivity index (χ0v) is 10.4. The van der Waals surface area contributed by atoms with Gasteiger partial charge in [0.2, 0.25) is 5.91 Å². The van der Waals surface area contributed by atoms with Crippen molar-refractivity contribution in [2.24, 2.45) is 5.92 Å². The van der Waals surface area contributed by atoms with Crippen LogP contribution in [-0.4, -0.2) is 15.7 Å². The second kappa shape index (κ2) is 5.17. The van der Waals surface area contributed by atoms with E-state index in [9.17, 15) is 4.79 Å². The van der Waals surface area contributed by atoms with Crippen molar-refractivity contribution in [3.8, 4) is 0 Å². The Morgan fingerprint density at radius 2 is 2.41 bits per heavy atom. The second-order valence-electron chi connectivity index (χ2n) is 4.46. The third kappa shape index (κ3) is 2.57. The van der Waals surface area contributed by atoms with Crippen LogP contribution < -0.4 is 5.32 Å². The first kappa shape index (κ1) is 11.9. The van der Waals surface area contributed by atoms with Gasteiger partial charge in [-0.2, -0.15) is 5.10 Å². The Kier molecular flexibility index (Phi) is 3.61. The van der Waals surface area contributed by atoms with Gasteiger partial charge in [0, 0.05) is 18.0 Å². The fourth-order valence-electron chi connectivity index (χ4n) is 2.13. The highest BCUT2D eigenvalue weighted by atomic mass is 16.2. The van der Waals surface area contributed by atoms with E-state index in [0.717, 1.165) is 37.2 Å². The predicted octanol–water partition coefficient (Wildman–Crippen LogP) is 2.51. The number of carbonyl (C=O) groups is 1. The van der Waals surface area contributed by atoms with Gasteiger partial charge in [-0.25, -0.2) is 4.68 Å². The van der Waals surface area contributed by atoms with Gasteiger partial charge in [0.25, 0.3) is 0 Å². The number of hydrogen-bond acceptors (Lipinski definition) is 2. The van der Waals surface area contributed by atoms with Gasteiger partial charge in [-0.1, -0.05) is 12.2 Å². The van der Waals surface area contributed by atoms with E-state index in [1.807, 2.05) is 18.5 Å². The van der Waals surface area contributed by atoms with Crippen molar-refractivity contribution in [1.29, 1.82) is 0 Å². The maximum absolute atomic E-state index is 12.1. The number of amides is 1. The van der Waals surface area contributed by atoms with E-state index in [4.69, 9.17) is 0 Å². The molecule has 0 saturated carbocycles. The third-order valence-corrected chi connectivity index (χ3v) is 3.20. The highest BCUT2D eigenvalue weighted by molar-refractivity contribution is 5.92. The van der Waals surface area contributed by atoms with Crippen LogP contribution in [0.25, 0.3) is 0 Å². The van der Waals surface area contributed by atoms with Crippen molar-refractivity contribution in [1.82, 2.24) is 9.78 Å². The number of aromatic nitrogens is 2. The first-order valence-electron chi connectivity index (χ1n) is 6.20. The Balaban J connectivity index is 2.07. The van der Waals surface area contributed by atoms with Gasteiger partial charge in [-0.3, -0.25) is 4.79 Å². The highest BCUT2D eigenvalue weighted by Gasteiger charge is 2.20. The Labute approximate surface area is 102 Å². The molecule has 92 valence electrons. The summed E-state index contributed by atoms with van der Waals surface area (Å²) in [7, 11) is 0. The van der Waals surface area contributed by atoms with Crippen molar-refractivity contribution >= 4 is 11.7 Å². The largest absolute Gasteiger partial charge is 0.310 e. The molecule has 1 atom stereocenters. The summed E-state index contributed by atoms with van der Waals surface area (Å²) in [6.07, 6.45) is 8.83. The number of nitrogens with one attached hydrogen (secondary N) is 1. The SMILES string of the molecule is CCn1ncc(C)c1NC(=O)C1CC=CCC1. The van der Waals surface area contributed by atoms with Crippen molar-refractivity contribution in [2.45, 2.75) is 39.7 Å². The number of rotatable bonds is 3. The van der Waals surface area contributed by atoms with Crippen LogP contribution in [0.2, 0.25) is 0 Å². The van der Waals surface area contributed by atoms with Crippen molar-refractivity contribution in [3.63, 3.8) is 0 Å². The molecule has 1 heterocycles. The van der Waals surface area contributed by atoms with E-state index in [-0.39, 0.29) is 11.8 Å². The lowest BCUT2D eigenvalue weighted by Crippen LogP contribution is -2.25. The fraction of sp³-hybridized carbons (Fsp3) is 0.538. The second-order valence-corrected chi connectivity index (χ2v) is 4.46. The highest BCUT2D eigenvalue weighted by Crippen LogP contribution is 2.21. The summed E-state index contributed by atoms with van der Waals surface area (Å²) in [5, 5.41) is 7.23. The molecule has 4 heteroatoms. The zero-order chi connectivity index (χ0) is 12.3. The van der Waals surface area contributed by atoms with Gasteiger partial charge in [-0.15, -0.1) is 0 Å². The van der Waals surface area contributed by atoms with Crippen LogP contribution in [0.3, 0.4) is 0 Å². The average molecular weight is 233 g/mol. The summed E-state index contributed by atoms with van der Waals surface area (Å²) in [6.45, 7) is 4.76. The zero-order valence-electron chi connectivity index (χ0n) is 10.4. The van der Waals surface area contributed by atoms with Crippen LogP contribution >= 0.6 is 0 Å². The van der Waals surface area contributed by atoms with Crippen molar-refractivity contribution in [2.75, 3.05) is 5.32 Å². The molecule has 1 aliphatic rings. The normalized spacial score (nSPS) is 19.3. The van der Waals surface area contributed by atoms with E-state index in [1.54, 1.807) is 6.20 Å². The number of carbonyl (C=O) groups excluding carboxylic acids is 1. The molecule has 17 heavy (non-hydrogen) atoms. The van der Waals surface area contributed by atoms with Crippen LogP contribution in [0, 0.1) is 12.8 Å². The molecule has 0 bridgehead atoms. The maximum Gasteiger partial charge on any atom is 0.228 e. The molecule has 1 aromatic rings. The maximum atomic E-state index is 12.1. The van der Waals surface area contributed by atoms with Gasteiger partial charge in [0.1, 0.15) is 5.82 Å². The minimum atomic E-state index is 0.111. The summed E-state index contributed by atoms with van der Waals surface area (Å²) in [6, 6.07) is 0. The van der Waals surface area contributed by atoms with Crippen LogP contribution in [0.4, 0.5) is 5.82 Å². The topological polar surface area (TPSA) is 46.9 Å². The third-order valence-electron chi connectivity index (χ3n) is 3.20. The predicted molar refractivity (Wildman–Crippen MR) is 67.7 cm³/mol. The first-order valence-corrected chi connectivity index (χ1v) is 6.20. The number of aryl methyl sites for hydroxylation is 2. The Hall–Kier alpha value is -1.58. The van der Waals surface area contributed by atoms with Gasteiger partial charge in [0.15, 0.2) is 0 Å². The summed E-state index contributed by atoms with van der Waals surface area (Å²) in [5.74, 6) is 1.07. The van der Waals surface area contributed by atoms with Crippen LogP contribution in [0.5, 0.6) is 0 Å². The van der Waals surface area contributed by atoms with Crippen LogP contribution in [0.15, 0.2) is 18.3 Å². The first-order chi connectivity index (χ1) is 8.22. The molecule has 4 nitrogen and oxygen atoms in total. The average Bonchev–Trinajstić information content (AvgIpc) is 2.71. The minimum absolute atomic E-state index is 0.111. The molecule has 0 saturated heterocycles. The molecule has 1 N–H and O–H groups in total. The van der Waals surface area contributed by atoms with E-state index >= 15 is 0 Å². The van der Waals surface area contributed by atoms with E-state index in [0.29, 0.717) is 0 Å². The summed E-state index contributed by atoms with van der Waals surface area (Å²) >= 11 is 0. The van der Waals surface area contributed by atoms with E-state index < -0.39 is 0 Å². The molecule has 0 fully saturated rings. The molecular weight excluding hydrogens is 214 g/mol. The van der Waals surface area contributed by atoms with E-state index in [1.165, 1.54) is 0 Å². The van der Waals surface area contributed by atoms with Crippen molar-refractivity contribution < 1.29 is 4.79 Å². The Bertz CT molecular complexity index is 434. The smallest absolute Gasteiger partial charge is 0.228 e. The molecule has 1 unspecified atom stereocenters. The number of allylic oxidation sites excluding steroid dienone is 2. The minimum Gasteiger partial charge on any atom is -0.310 e. The molecular formula is C13H19N3O. The summed E-state index contributed by atoms with van der Waals surface area (Å²) < 4.78 is 1.83. The van der Waals surface area contributed by atoms with Gasteiger partial charge >= 0.3 is 0 Å². The standard InChI is InChI=1S/C13H19N3O/c1-3-16-12(10(2)9-14-16)15-13(17)11-7-5-4-6-8-11/h4-5,9,11H,3,6-8H2,1-2H3,(H,15,17). The van der Waals surface area contributed by atoms with Gasteiger partial charge in [-0.05, 0) is 33.1 Å². The van der Waals surface area contributed by atoms with Crippen LogP contribution in [-0.2, 0) is 11.3 Å². The Morgan fingerprint density at radius 1 is 1.59 bits per heavy atom. The quantitative estimate of drug-likeness (QED) is 0.815. The fourth-order valence-corrected chi connectivity index (χ4v) is 2.13. The lowest BCUT2D eigenvalue weighted by Gasteiger charge is -2.18. The monoisotopic (exact) mass is 233 g/mol. The van der Waals surface area contributed by atoms with E-state index in [2.05, 4.69) is 22.6 Å². The molecule has 0 spiro atoms. The molecule has 2 rings (SSSR count). The van der Waals surface area contributed by atoms with Crippen molar-refractivity contribution in [3.05, 3.63) is 23.9 Å². The van der Waals surface area contributed by atoms with Gasteiger partial charge < -0.3 is 5.32 Å². The number of anilines is 1. The molecule has 0 aromatic carbocycles. The number of hydrogen-bond donors (Lipinski definition) is 1. The Morgan fingerprint density at radius 3 is 3.06 bits per heavy atom. The molecule has 1 aliphatic carbocycles. The molecule has 0 radical (unpaired) electrons. The molecule has 0 aliphatic heterocycles. The summed E-state index contributed by atoms with van der Waals surface area (Å²) in [5.41, 5.74) is 1.02. The molecule has 1 aromatic heterocycles. The number of nitrogens with zero attached hydrogens (tertiary/aromatic N) is 2. The lowest BCUT2D eigenvalue weighted by molar-refractivity contribution is -0.120. The van der Waals surface area contributed by atoms with Gasteiger partial charge in [0.05, 0.1) is 6.20 Å². The van der Waals surface area contributed by atoms with Crippen LogP contribution in [0.1, 0.15) is 31.7 Å².